The lowest BCUT2D eigenvalue weighted by Crippen LogP contribution is -2.28. The number of hydrogen-bond donors (Lipinski definition) is 2. The Labute approximate surface area is 133 Å². The van der Waals surface area contributed by atoms with Gasteiger partial charge in [-0.25, -0.2) is 0 Å². The first-order valence-electron chi connectivity index (χ1n) is 7.36. The average molecular weight is 317 g/mol. The predicted molar refractivity (Wildman–Crippen MR) is 86.1 cm³/mol. The van der Waals surface area contributed by atoms with E-state index in [-0.39, 0.29) is 28.4 Å². The van der Waals surface area contributed by atoms with E-state index in [9.17, 15) is 9.59 Å². The lowest BCUT2D eigenvalue weighted by molar-refractivity contribution is -0.119. The zero-order valence-corrected chi connectivity index (χ0v) is 12.8. The first kappa shape index (κ1) is 14.9. The van der Waals surface area contributed by atoms with Crippen molar-refractivity contribution in [3.63, 3.8) is 0 Å². The summed E-state index contributed by atoms with van der Waals surface area (Å²) in [7, 11) is 0. The molecule has 4 nitrogen and oxygen atoms in total. The van der Waals surface area contributed by atoms with Gasteiger partial charge in [0.1, 0.15) is 5.02 Å². The standard InChI is InChI=1S/C17H17ClN2O2/c18-14-7-8-15(20-17(14)22)13(11-4-2-1-3-5-11)10-12-6-9-16(21)19-12/h1-5,7-8,12-13H,6,9-10H2,(H,19,21)(H,20,22)/t12-,13?/m1/s1. The zero-order chi connectivity index (χ0) is 15.5. The maximum atomic E-state index is 11.8. The number of pyridine rings is 1. The fourth-order valence-electron chi connectivity index (χ4n) is 2.94. The van der Waals surface area contributed by atoms with Gasteiger partial charge in [-0.15, -0.1) is 0 Å². The van der Waals surface area contributed by atoms with E-state index >= 15 is 0 Å². The van der Waals surface area contributed by atoms with E-state index in [0.29, 0.717) is 6.42 Å². The van der Waals surface area contributed by atoms with Gasteiger partial charge in [0.25, 0.3) is 5.56 Å². The normalized spacial score (nSPS) is 19.0. The topological polar surface area (TPSA) is 62.0 Å². The largest absolute Gasteiger partial charge is 0.353 e. The SMILES string of the molecule is O=C1CC[C@H](CC(c2ccccc2)c2ccc(Cl)c(=O)[nH]2)N1. The molecule has 1 fully saturated rings. The Balaban J connectivity index is 1.93. The molecule has 2 aromatic rings. The van der Waals surface area contributed by atoms with Crippen LogP contribution in [-0.2, 0) is 4.79 Å². The van der Waals surface area contributed by atoms with E-state index in [4.69, 9.17) is 11.6 Å². The number of carbonyl (C=O) groups excluding carboxylic acids is 1. The number of nitrogens with one attached hydrogen (secondary N) is 2. The number of hydrogen-bond acceptors (Lipinski definition) is 2. The molecule has 1 aromatic carbocycles. The van der Waals surface area contributed by atoms with Gasteiger partial charge in [-0.3, -0.25) is 9.59 Å². The van der Waals surface area contributed by atoms with Crippen LogP contribution in [0.25, 0.3) is 0 Å². The molecular weight excluding hydrogens is 300 g/mol. The van der Waals surface area contributed by atoms with Gasteiger partial charge in [-0.1, -0.05) is 41.9 Å². The fraction of sp³-hybridized carbons (Fsp3) is 0.294. The molecule has 0 radical (unpaired) electrons. The minimum Gasteiger partial charge on any atom is -0.353 e. The highest BCUT2D eigenvalue weighted by Gasteiger charge is 2.26. The highest BCUT2D eigenvalue weighted by atomic mass is 35.5. The van der Waals surface area contributed by atoms with Crippen molar-refractivity contribution in [2.45, 2.75) is 31.2 Å². The molecule has 2 N–H and O–H groups in total. The third kappa shape index (κ3) is 3.22. The predicted octanol–water partition coefficient (Wildman–Crippen LogP) is 2.83. The maximum absolute atomic E-state index is 11.8. The van der Waals surface area contributed by atoms with Crippen LogP contribution in [0.2, 0.25) is 5.02 Å². The van der Waals surface area contributed by atoms with Gasteiger partial charge < -0.3 is 10.3 Å². The molecule has 0 spiro atoms. The summed E-state index contributed by atoms with van der Waals surface area (Å²) >= 11 is 5.82. The van der Waals surface area contributed by atoms with Crippen molar-refractivity contribution >= 4 is 17.5 Å². The summed E-state index contributed by atoms with van der Waals surface area (Å²) in [4.78, 5) is 26.1. The Kier molecular flexibility index (Phi) is 4.29. The Morgan fingerprint density at radius 2 is 1.91 bits per heavy atom. The molecule has 114 valence electrons. The molecular formula is C17H17ClN2O2. The van der Waals surface area contributed by atoms with Crippen LogP contribution in [0.15, 0.2) is 47.3 Å². The second kappa shape index (κ2) is 6.36. The number of H-pyrrole nitrogens is 1. The van der Waals surface area contributed by atoms with Crippen LogP contribution in [0.3, 0.4) is 0 Å². The van der Waals surface area contributed by atoms with Crippen molar-refractivity contribution < 1.29 is 4.79 Å². The lowest BCUT2D eigenvalue weighted by Gasteiger charge is -2.21. The van der Waals surface area contributed by atoms with E-state index in [1.807, 2.05) is 36.4 Å². The molecule has 1 aliphatic heterocycles. The minimum atomic E-state index is -0.282. The van der Waals surface area contributed by atoms with Crippen molar-refractivity contribution in [1.82, 2.24) is 10.3 Å². The van der Waals surface area contributed by atoms with Crippen LogP contribution in [0, 0.1) is 0 Å². The van der Waals surface area contributed by atoms with Crippen molar-refractivity contribution in [2.24, 2.45) is 0 Å². The van der Waals surface area contributed by atoms with E-state index < -0.39 is 0 Å². The van der Waals surface area contributed by atoms with Crippen molar-refractivity contribution in [3.8, 4) is 0 Å². The molecule has 1 saturated heterocycles. The highest BCUT2D eigenvalue weighted by Crippen LogP contribution is 2.30. The van der Waals surface area contributed by atoms with Crippen LogP contribution in [0.1, 0.15) is 36.4 Å². The van der Waals surface area contributed by atoms with Crippen LogP contribution in [0.5, 0.6) is 0 Å². The van der Waals surface area contributed by atoms with E-state index in [1.54, 1.807) is 6.07 Å². The van der Waals surface area contributed by atoms with Gasteiger partial charge in [0.2, 0.25) is 5.91 Å². The zero-order valence-electron chi connectivity index (χ0n) is 12.0. The number of halogens is 1. The average Bonchev–Trinajstić information content (AvgIpc) is 2.94. The number of benzene rings is 1. The summed E-state index contributed by atoms with van der Waals surface area (Å²) in [5.41, 5.74) is 1.65. The summed E-state index contributed by atoms with van der Waals surface area (Å²) < 4.78 is 0. The quantitative estimate of drug-likeness (QED) is 0.911. The lowest BCUT2D eigenvalue weighted by atomic mass is 9.88. The molecule has 1 amide bonds. The molecule has 2 heterocycles. The van der Waals surface area contributed by atoms with Gasteiger partial charge in [0, 0.05) is 24.1 Å². The monoisotopic (exact) mass is 316 g/mol. The van der Waals surface area contributed by atoms with E-state index in [0.717, 1.165) is 24.1 Å². The van der Waals surface area contributed by atoms with Crippen molar-refractivity contribution in [3.05, 3.63) is 69.1 Å². The van der Waals surface area contributed by atoms with E-state index in [2.05, 4.69) is 10.3 Å². The number of carbonyl (C=O) groups is 1. The molecule has 0 aliphatic carbocycles. The second-order valence-corrected chi connectivity index (χ2v) is 6.00. The number of rotatable bonds is 4. The summed E-state index contributed by atoms with van der Waals surface area (Å²) in [6.07, 6.45) is 2.16. The van der Waals surface area contributed by atoms with Crippen LogP contribution in [0.4, 0.5) is 0 Å². The Bertz CT molecular complexity index is 727. The van der Waals surface area contributed by atoms with Gasteiger partial charge in [0.15, 0.2) is 0 Å². The number of aromatic amines is 1. The van der Waals surface area contributed by atoms with Crippen LogP contribution in [-0.4, -0.2) is 16.9 Å². The Morgan fingerprint density at radius 1 is 1.14 bits per heavy atom. The highest BCUT2D eigenvalue weighted by molar-refractivity contribution is 6.30. The molecule has 1 aliphatic rings. The Hall–Kier alpha value is -2.07. The fourth-order valence-corrected chi connectivity index (χ4v) is 3.05. The molecule has 1 aromatic heterocycles. The number of aromatic nitrogens is 1. The first-order chi connectivity index (χ1) is 10.6. The van der Waals surface area contributed by atoms with Gasteiger partial charge in [-0.05, 0) is 30.5 Å². The summed E-state index contributed by atoms with van der Waals surface area (Å²) in [5, 5.41) is 3.18. The van der Waals surface area contributed by atoms with Crippen molar-refractivity contribution in [2.75, 3.05) is 0 Å². The molecule has 2 atom stereocenters. The Morgan fingerprint density at radius 3 is 2.55 bits per heavy atom. The van der Waals surface area contributed by atoms with Crippen molar-refractivity contribution in [1.29, 1.82) is 0 Å². The van der Waals surface area contributed by atoms with Gasteiger partial charge in [-0.2, -0.15) is 0 Å². The van der Waals surface area contributed by atoms with Crippen LogP contribution < -0.4 is 10.9 Å². The van der Waals surface area contributed by atoms with Crippen LogP contribution >= 0.6 is 11.6 Å². The summed E-state index contributed by atoms with van der Waals surface area (Å²) in [5.74, 6) is 0.121. The molecule has 3 rings (SSSR count). The first-order valence-corrected chi connectivity index (χ1v) is 7.74. The molecule has 22 heavy (non-hydrogen) atoms. The third-order valence-corrected chi connectivity index (χ3v) is 4.36. The van der Waals surface area contributed by atoms with Gasteiger partial charge in [0.05, 0.1) is 0 Å². The summed E-state index contributed by atoms with van der Waals surface area (Å²) in [6.45, 7) is 0. The molecule has 0 saturated carbocycles. The summed E-state index contributed by atoms with van der Waals surface area (Å²) in [6, 6.07) is 13.6. The maximum Gasteiger partial charge on any atom is 0.266 e. The smallest absolute Gasteiger partial charge is 0.266 e. The molecule has 0 bridgehead atoms. The number of amides is 1. The second-order valence-electron chi connectivity index (χ2n) is 5.59. The van der Waals surface area contributed by atoms with E-state index in [1.165, 1.54) is 0 Å². The molecule has 5 heteroatoms. The third-order valence-electron chi connectivity index (χ3n) is 4.07. The molecule has 1 unspecified atom stereocenters. The minimum absolute atomic E-state index is 0.0227. The van der Waals surface area contributed by atoms with Gasteiger partial charge >= 0.3 is 0 Å².